The Labute approximate surface area is 117 Å². The third kappa shape index (κ3) is 2.97. The molecule has 2 fully saturated rings. The van der Waals surface area contributed by atoms with E-state index in [1.165, 1.54) is 0 Å². The van der Waals surface area contributed by atoms with Crippen LogP contribution in [0.15, 0.2) is 0 Å². The second kappa shape index (κ2) is 6.08. The number of piperidine rings is 1. The molecule has 19 heavy (non-hydrogen) atoms. The number of aliphatic hydroxyl groups excluding tert-OH is 1. The predicted molar refractivity (Wildman–Crippen MR) is 75.0 cm³/mol. The van der Waals surface area contributed by atoms with Crippen LogP contribution in [0.25, 0.3) is 0 Å². The van der Waals surface area contributed by atoms with Gasteiger partial charge in [-0.1, -0.05) is 0 Å². The van der Waals surface area contributed by atoms with Gasteiger partial charge >= 0.3 is 0 Å². The molecule has 1 saturated carbocycles. The van der Waals surface area contributed by atoms with Crippen LogP contribution in [0.4, 0.5) is 0 Å². The van der Waals surface area contributed by atoms with Crippen LogP contribution in [0.3, 0.4) is 0 Å². The molecule has 1 N–H and O–H groups in total. The summed E-state index contributed by atoms with van der Waals surface area (Å²) in [4.78, 5) is 2.35. The Kier molecular flexibility index (Phi) is 4.88. The third-order valence-electron chi connectivity index (χ3n) is 5.00. The van der Waals surface area contributed by atoms with E-state index in [0.29, 0.717) is 19.1 Å². The van der Waals surface area contributed by atoms with E-state index < -0.39 is 5.79 Å². The first-order chi connectivity index (χ1) is 9.10. The molecule has 2 rings (SSSR count). The molecule has 0 aromatic heterocycles. The lowest BCUT2D eigenvalue weighted by Crippen LogP contribution is -2.57. The van der Waals surface area contributed by atoms with Gasteiger partial charge < -0.3 is 19.5 Å². The van der Waals surface area contributed by atoms with Gasteiger partial charge in [-0.15, -0.1) is 0 Å². The summed E-state index contributed by atoms with van der Waals surface area (Å²) in [7, 11) is 2.15. The molecule has 2 aliphatic rings. The van der Waals surface area contributed by atoms with Gasteiger partial charge in [-0.05, 0) is 46.2 Å². The number of aliphatic hydroxyl groups is 1. The smallest absolute Gasteiger partial charge is 0.168 e. The number of nitrogens with zero attached hydrogens (tertiary/aromatic N) is 1. The standard InChI is InChI=1S/C15H29NO3/c1-4-18-15(19-5-2)8-7-14(12-17)11-16(3)9-6-13(14)10-15/h13,17H,4-12H2,1-3H3/t13-,14+/m0/s1. The number of hydrogen-bond donors (Lipinski definition) is 1. The van der Waals surface area contributed by atoms with Crippen LogP contribution in [0.5, 0.6) is 0 Å². The summed E-state index contributed by atoms with van der Waals surface area (Å²) < 4.78 is 11.9. The molecule has 0 radical (unpaired) electrons. The van der Waals surface area contributed by atoms with Crippen molar-refractivity contribution in [2.45, 2.75) is 45.3 Å². The average Bonchev–Trinajstić information content (AvgIpc) is 2.40. The largest absolute Gasteiger partial charge is 0.396 e. The highest BCUT2D eigenvalue weighted by molar-refractivity contribution is 4.99. The van der Waals surface area contributed by atoms with Crippen molar-refractivity contribution >= 4 is 0 Å². The van der Waals surface area contributed by atoms with Gasteiger partial charge in [0, 0.05) is 38.0 Å². The van der Waals surface area contributed by atoms with E-state index in [-0.39, 0.29) is 12.0 Å². The Morgan fingerprint density at radius 1 is 1.21 bits per heavy atom. The van der Waals surface area contributed by atoms with Gasteiger partial charge in [-0.3, -0.25) is 0 Å². The molecule has 0 amide bonds. The van der Waals surface area contributed by atoms with E-state index in [9.17, 15) is 5.11 Å². The van der Waals surface area contributed by atoms with Crippen molar-refractivity contribution in [3.05, 3.63) is 0 Å². The second-order valence-electron chi connectivity index (χ2n) is 6.22. The zero-order valence-corrected chi connectivity index (χ0v) is 12.7. The lowest BCUT2D eigenvalue weighted by Gasteiger charge is -2.54. The van der Waals surface area contributed by atoms with Gasteiger partial charge in [0.05, 0.1) is 6.61 Å². The summed E-state index contributed by atoms with van der Waals surface area (Å²) in [5.74, 6) is 0.114. The fraction of sp³-hybridized carbons (Fsp3) is 1.00. The Balaban J connectivity index is 2.13. The fourth-order valence-electron chi connectivity index (χ4n) is 4.03. The molecule has 112 valence electrons. The molecule has 1 aliphatic carbocycles. The molecule has 1 heterocycles. The lowest BCUT2D eigenvalue weighted by atomic mass is 9.61. The van der Waals surface area contributed by atoms with Crippen LogP contribution in [0.2, 0.25) is 0 Å². The van der Waals surface area contributed by atoms with Crippen molar-refractivity contribution in [2.24, 2.45) is 11.3 Å². The highest BCUT2D eigenvalue weighted by atomic mass is 16.7. The van der Waals surface area contributed by atoms with Crippen LogP contribution < -0.4 is 0 Å². The lowest BCUT2D eigenvalue weighted by molar-refractivity contribution is -0.275. The van der Waals surface area contributed by atoms with E-state index in [4.69, 9.17) is 9.47 Å². The molecule has 1 aliphatic heterocycles. The summed E-state index contributed by atoms with van der Waals surface area (Å²) in [6, 6.07) is 0. The molecule has 0 spiro atoms. The summed E-state index contributed by atoms with van der Waals surface area (Å²) in [5, 5.41) is 9.92. The summed E-state index contributed by atoms with van der Waals surface area (Å²) in [6.45, 7) is 7.85. The summed E-state index contributed by atoms with van der Waals surface area (Å²) in [5.41, 5.74) is 0.0602. The molecule has 0 bridgehead atoms. The van der Waals surface area contributed by atoms with E-state index in [2.05, 4.69) is 11.9 Å². The number of hydrogen-bond acceptors (Lipinski definition) is 4. The number of ether oxygens (including phenoxy) is 2. The highest BCUT2D eigenvalue weighted by Crippen LogP contribution is 2.50. The van der Waals surface area contributed by atoms with E-state index in [1.54, 1.807) is 0 Å². The van der Waals surface area contributed by atoms with Gasteiger partial charge in [0.15, 0.2) is 5.79 Å². The molecule has 2 atom stereocenters. The van der Waals surface area contributed by atoms with Gasteiger partial charge in [0.1, 0.15) is 0 Å². The first kappa shape index (κ1) is 15.2. The van der Waals surface area contributed by atoms with Crippen LogP contribution in [0.1, 0.15) is 39.5 Å². The summed E-state index contributed by atoms with van der Waals surface area (Å²) >= 11 is 0. The number of fused-ring (bicyclic) bond motifs is 1. The van der Waals surface area contributed by atoms with Crippen molar-refractivity contribution < 1.29 is 14.6 Å². The zero-order valence-electron chi connectivity index (χ0n) is 12.7. The Bertz CT molecular complexity index is 291. The third-order valence-corrected chi connectivity index (χ3v) is 5.00. The minimum Gasteiger partial charge on any atom is -0.396 e. The molecule has 0 unspecified atom stereocenters. The van der Waals surface area contributed by atoms with Gasteiger partial charge in [0.25, 0.3) is 0 Å². The number of rotatable bonds is 5. The van der Waals surface area contributed by atoms with Crippen molar-refractivity contribution in [1.82, 2.24) is 4.90 Å². The average molecular weight is 271 g/mol. The molecule has 1 saturated heterocycles. The van der Waals surface area contributed by atoms with E-state index >= 15 is 0 Å². The van der Waals surface area contributed by atoms with Crippen molar-refractivity contribution in [1.29, 1.82) is 0 Å². The van der Waals surface area contributed by atoms with Crippen molar-refractivity contribution in [2.75, 3.05) is 40.0 Å². The molecule has 4 nitrogen and oxygen atoms in total. The Morgan fingerprint density at radius 2 is 1.89 bits per heavy atom. The van der Waals surface area contributed by atoms with Gasteiger partial charge in [-0.25, -0.2) is 0 Å². The minimum absolute atomic E-state index is 0.0602. The fourth-order valence-corrected chi connectivity index (χ4v) is 4.03. The van der Waals surface area contributed by atoms with E-state index in [1.807, 2.05) is 13.8 Å². The molecular weight excluding hydrogens is 242 g/mol. The Morgan fingerprint density at radius 3 is 2.47 bits per heavy atom. The molecule has 0 aromatic carbocycles. The van der Waals surface area contributed by atoms with E-state index in [0.717, 1.165) is 38.8 Å². The maximum atomic E-state index is 9.92. The first-order valence-corrected chi connectivity index (χ1v) is 7.67. The van der Waals surface area contributed by atoms with Crippen LogP contribution in [0, 0.1) is 11.3 Å². The van der Waals surface area contributed by atoms with Crippen molar-refractivity contribution in [3.63, 3.8) is 0 Å². The monoisotopic (exact) mass is 271 g/mol. The van der Waals surface area contributed by atoms with Crippen LogP contribution in [-0.2, 0) is 9.47 Å². The second-order valence-corrected chi connectivity index (χ2v) is 6.22. The zero-order chi connectivity index (χ0) is 13.9. The highest BCUT2D eigenvalue weighted by Gasteiger charge is 2.51. The maximum absolute atomic E-state index is 9.92. The summed E-state index contributed by atoms with van der Waals surface area (Å²) in [6.07, 6.45) is 3.97. The molecule has 4 heteroatoms. The Hall–Kier alpha value is -0.160. The maximum Gasteiger partial charge on any atom is 0.168 e. The predicted octanol–water partition coefficient (Wildman–Crippen LogP) is 1.87. The van der Waals surface area contributed by atoms with Gasteiger partial charge in [0.2, 0.25) is 0 Å². The number of likely N-dealkylation sites (tertiary alicyclic amines) is 1. The molecule has 0 aromatic rings. The van der Waals surface area contributed by atoms with Gasteiger partial charge in [-0.2, -0.15) is 0 Å². The molecular formula is C15H29NO3. The minimum atomic E-state index is -0.400. The topological polar surface area (TPSA) is 41.9 Å². The van der Waals surface area contributed by atoms with Crippen molar-refractivity contribution in [3.8, 4) is 0 Å². The first-order valence-electron chi connectivity index (χ1n) is 7.67. The van der Waals surface area contributed by atoms with Crippen LogP contribution in [-0.4, -0.2) is 55.8 Å². The normalized spacial score (nSPS) is 35.1. The SMILES string of the molecule is CCOC1(OCC)CC[C@]2(CO)CN(C)CC[C@H]2C1. The quantitative estimate of drug-likeness (QED) is 0.775. The van der Waals surface area contributed by atoms with Crippen LogP contribution >= 0.6 is 0 Å².